The lowest BCUT2D eigenvalue weighted by atomic mass is 9.87. The van der Waals surface area contributed by atoms with E-state index in [0.717, 1.165) is 29.2 Å². The molecule has 2 aromatic carbocycles. The van der Waals surface area contributed by atoms with E-state index in [-0.39, 0.29) is 24.6 Å². The van der Waals surface area contributed by atoms with Crippen molar-refractivity contribution >= 4 is 15.8 Å². The van der Waals surface area contributed by atoms with E-state index in [9.17, 15) is 47.9 Å². The molecule has 0 saturated carbocycles. The van der Waals surface area contributed by atoms with Crippen LogP contribution in [0.15, 0.2) is 47.4 Å². The fourth-order valence-electron chi connectivity index (χ4n) is 4.27. The van der Waals surface area contributed by atoms with Gasteiger partial charge in [0.2, 0.25) is 11.8 Å². The molecule has 1 aromatic heterocycles. The van der Waals surface area contributed by atoms with Gasteiger partial charge in [0.15, 0.2) is 29.0 Å². The van der Waals surface area contributed by atoms with Crippen molar-refractivity contribution in [3.8, 4) is 5.75 Å². The monoisotopic (exact) mass is 599 g/mol. The van der Waals surface area contributed by atoms with Crippen molar-refractivity contribution in [1.82, 2.24) is 9.88 Å². The van der Waals surface area contributed by atoms with Crippen LogP contribution in [0.2, 0.25) is 0 Å². The molecular weight excluding hydrogens is 581 g/mol. The van der Waals surface area contributed by atoms with E-state index in [1.807, 2.05) is 0 Å². The normalized spacial score (nSPS) is 18.5. The molecular formula is C24H18F9N3O3S. The number of hydrogen-bond donors (Lipinski definition) is 1. The Balaban J connectivity index is 1.65. The van der Waals surface area contributed by atoms with Gasteiger partial charge in [-0.25, -0.2) is 31.0 Å². The summed E-state index contributed by atoms with van der Waals surface area (Å²) in [6.07, 6.45) is -6.26. The highest BCUT2D eigenvalue weighted by atomic mass is 32.2. The van der Waals surface area contributed by atoms with E-state index in [0.29, 0.717) is 12.1 Å². The minimum Gasteiger partial charge on any atom is -0.484 e. The zero-order valence-corrected chi connectivity index (χ0v) is 20.8. The molecule has 40 heavy (non-hydrogen) atoms. The Morgan fingerprint density at radius 1 is 0.950 bits per heavy atom. The van der Waals surface area contributed by atoms with Crippen molar-refractivity contribution in [2.24, 2.45) is 0 Å². The summed E-state index contributed by atoms with van der Waals surface area (Å²) in [5, 5.41) is 0. The predicted molar refractivity (Wildman–Crippen MR) is 122 cm³/mol. The number of pyridine rings is 1. The molecule has 1 saturated heterocycles. The van der Waals surface area contributed by atoms with Crippen molar-refractivity contribution in [3.63, 3.8) is 0 Å². The number of piperidine rings is 1. The molecule has 0 amide bonds. The number of likely N-dealkylation sites (tertiary alicyclic amines) is 1. The molecule has 2 heterocycles. The molecule has 0 aliphatic carbocycles. The van der Waals surface area contributed by atoms with Crippen molar-refractivity contribution in [3.05, 3.63) is 83.1 Å². The summed E-state index contributed by atoms with van der Waals surface area (Å²) in [7, 11) is -5.02. The number of rotatable bonds is 7. The lowest BCUT2D eigenvalue weighted by Crippen LogP contribution is -2.47. The Morgan fingerprint density at radius 2 is 1.68 bits per heavy atom. The van der Waals surface area contributed by atoms with Crippen LogP contribution in [0.5, 0.6) is 5.75 Å². The largest absolute Gasteiger partial charge is 0.484 e. The summed E-state index contributed by atoms with van der Waals surface area (Å²) < 4.78 is 156. The van der Waals surface area contributed by atoms with E-state index in [4.69, 9.17) is 4.74 Å². The summed E-state index contributed by atoms with van der Waals surface area (Å²) in [4.78, 5) is 2.64. The summed E-state index contributed by atoms with van der Waals surface area (Å²) in [6, 6.07) is 5.51. The molecule has 2 atom stereocenters. The van der Waals surface area contributed by atoms with Gasteiger partial charge in [-0.1, -0.05) is 12.1 Å². The number of aromatic nitrogens is 1. The Morgan fingerprint density at radius 3 is 2.33 bits per heavy atom. The molecule has 1 aliphatic heterocycles. The Hall–Kier alpha value is -3.53. The highest BCUT2D eigenvalue weighted by Crippen LogP contribution is 2.36. The lowest BCUT2D eigenvalue weighted by molar-refractivity contribution is -0.150. The quantitative estimate of drug-likeness (QED) is 0.220. The number of anilines is 1. The van der Waals surface area contributed by atoms with Gasteiger partial charge in [-0.2, -0.15) is 22.0 Å². The van der Waals surface area contributed by atoms with Crippen LogP contribution in [0.4, 0.5) is 45.3 Å². The lowest BCUT2D eigenvalue weighted by Gasteiger charge is -2.39. The number of hydrogen-bond acceptors (Lipinski definition) is 5. The van der Waals surface area contributed by atoms with Crippen LogP contribution >= 0.6 is 0 Å². The third-order valence-electron chi connectivity index (χ3n) is 6.00. The van der Waals surface area contributed by atoms with Crippen LogP contribution < -0.4 is 9.46 Å². The molecule has 16 heteroatoms. The molecule has 6 nitrogen and oxygen atoms in total. The third kappa shape index (κ3) is 6.60. The van der Waals surface area contributed by atoms with Crippen LogP contribution in [-0.4, -0.2) is 50.2 Å². The van der Waals surface area contributed by atoms with Crippen LogP contribution in [0.3, 0.4) is 0 Å². The second-order valence-electron chi connectivity index (χ2n) is 8.84. The van der Waals surface area contributed by atoms with Gasteiger partial charge in [-0.3, -0.25) is 9.62 Å². The standard InChI is InChI=1S/C24H18F9N3O3S/c25-14-5-4-12(8-15(14)26)13-10-36(11-24(31,32)33)7-6-17(13)39-23-16(27)9-18(21(29)22(23)30)40(37,38)35-20-3-1-2-19(28)34-20/h1-5,8-9,13,17H,6-7,10-11H2,(H,34,35)/t13-,17+/m1/s1. The molecule has 216 valence electrons. The Kier molecular flexibility index (Phi) is 8.21. The zero-order valence-electron chi connectivity index (χ0n) is 20.0. The Bertz CT molecular complexity index is 1520. The summed E-state index contributed by atoms with van der Waals surface area (Å²) >= 11 is 0. The van der Waals surface area contributed by atoms with Gasteiger partial charge in [0.05, 0.1) is 6.54 Å². The number of benzene rings is 2. The van der Waals surface area contributed by atoms with Crippen molar-refractivity contribution in [2.75, 3.05) is 24.4 Å². The van der Waals surface area contributed by atoms with Crippen molar-refractivity contribution < 1.29 is 52.7 Å². The maximum atomic E-state index is 15.0. The average Bonchev–Trinajstić information content (AvgIpc) is 2.85. The van der Waals surface area contributed by atoms with Gasteiger partial charge < -0.3 is 4.74 Å². The first-order valence-electron chi connectivity index (χ1n) is 11.4. The molecule has 0 spiro atoms. The first kappa shape index (κ1) is 29.5. The molecule has 3 aromatic rings. The van der Waals surface area contributed by atoms with Gasteiger partial charge >= 0.3 is 6.18 Å². The van der Waals surface area contributed by atoms with Crippen molar-refractivity contribution in [2.45, 2.75) is 29.5 Å². The Labute approximate surface area is 221 Å². The van der Waals surface area contributed by atoms with E-state index in [2.05, 4.69) is 4.98 Å². The molecule has 1 fully saturated rings. The SMILES string of the molecule is O=S(=O)(Nc1cccc(F)n1)c1cc(F)c(O[C@H]2CCN(CC(F)(F)F)C[C@@H]2c2ccc(F)c(F)c2)c(F)c1F. The van der Waals surface area contributed by atoms with Crippen LogP contribution in [0.25, 0.3) is 0 Å². The minimum atomic E-state index is -5.02. The van der Waals surface area contributed by atoms with E-state index >= 15 is 0 Å². The zero-order chi connectivity index (χ0) is 29.4. The number of halogens is 9. The second kappa shape index (κ2) is 11.2. The topological polar surface area (TPSA) is 71.5 Å². The molecule has 0 unspecified atom stereocenters. The van der Waals surface area contributed by atoms with Gasteiger partial charge in [-0.05, 0) is 36.2 Å². The number of nitrogens with zero attached hydrogens (tertiary/aromatic N) is 2. The molecule has 1 N–H and O–H groups in total. The second-order valence-corrected chi connectivity index (χ2v) is 10.5. The first-order valence-corrected chi connectivity index (χ1v) is 12.9. The smallest absolute Gasteiger partial charge is 0.401 e. The van der Waals surface area contributed by atoms with E-state index in [1.165, 1.54) is 0 Å². The fraction of sp³-hybridized carbons (Fsp3) is 0.292. The average molecular weight is 599 g/mol. The summed E-state index contributed by atoms with van der Waals surface area (Å²) in [5.41, 5.74) is -0.0527. The minimum absolute atomic E-state index is 0.0527. The van der Waals surface area contributed by atoms with Gasteiger partial charge in [0.25, 0.3) is 10.0 Å². The van der Waals surface area contributed by atoms with E-state index < -0.39 is 92.8 Å². The van der Waals surface area contributed by atoms with Crippen molar-refractivity contribution in [1.29, 1.82) is 0 Å². The van der Waals surface area contributed by atoms with Gasteiger partial charge in [0.1, 0.15) is 16.8 Å². The molecule has 4 rings (SSSR count). The summed E-state index contributed by atoms with van der Waals surface area (Å²) in [5.74, 6) is -12.7. The highest BCUT2D eigenvalue weighted by Gasteiger charge is 2.39. The van der Waals surface area contributed by atoms with Crippen LogP contribution in [0.1, 0.15) is 17.9 Å². The third-order valence-corrected chi connectivity index (χ3v) is 7.36. The van der Waals surface area contributed by atoms with Gasteiger partial charge in [-0.15, -0.1) is 0 Å². The fourth-order valence-corrected chi connectivity index (χ4v) is 5.35. The highest BCUT2D eigenvalue weighted by molar-refractivity contribution is 7.92. The number of nitrogens with one attached hydrogen (secondary N) is 1. The number of alkyl halides is 3. The maximum absolute atomic E-state index is 15.0. The number of ether oxygens (including phenoxy) is 1. The van der Waals surface area contributed by atoms with E-state index in [1.54, 1.807) is 4.72 Å². The predicted octanol–water partition coefficient (Wildman–Crippen LogP) is 5.52. The summed E-state index contributed by atoms with van der Waals surface area (Å²) in [6.45, 7) is -2.10. The van der Waals surface area contributed by atoms with Crippen LogP contribution in [-0.2, 0) is 10.0 Å². The molecule has 0 bridgehead atoms. The first-order chi connectivity index (χ1) is 18.6. The molecule has 0 radical (unpaired) electrons. The maximum Gasteiger partial charge on any atom is 0.401 e. The van der Waals surface area contributed by atoms with Gasteiger partial charge in [0, 0.05) is 25.1 Å². The molecule has 1 aliphatic rings. The number of sulfonamides is 1. The van der Waals surface area contributed by atoms with Crippen LogP contribution in [0, 0.1) is 35.0 Å².